The maximum atomic E-state index is 14.4. The van der Waals surface area contributed by atoms with Crippen LogP contribution in [-0.4, -0.2) is 0 Å². The van der Waals surface area contributed by atoms with Gasteiger partial charge in [0.1, 0.15) is 5.54 Å². The van der Waals surface area contributed by atoms with E-state index in [0.29, 0.717) is 10.6 Å². The van der Waals surface area contributed by atoms with Crippen molar-refractivity contribution in [1.29, 1.82) is 5.26 Å². The second kappa shape index (κ2) is 7.68. The molecule has 0 bridgehead atoms. The molecule has 0 fully saturated rings. The summed E-state index contributed by atoms with van der Waals surface area (Å²) < 4.78 is 14.4. The van der Waals surface area contributed by atoms with Gasteiger partial charge >= 0.3 is 0 Å². The van der Waals surface area contributed by atoms with Gasteiger partial charge in [-0.25, -0.2) is 5.09 Å². The van der Waals surface area contributed by atoms with Gasteiger partial charge in [-0.3, -0.25) is 4.57 Å². The Morgan fingerprint density at radius 1 is 0.759 bits per heavy atom. The van der Waals surface area contributed by atoms with Crippen molar-refractivity contribution in [3.63, 3.8) is 0 Å². The predicted octanol–water partition coefficient (Wildman–Crippen LogP) is 5.10. The summed E-state index contributed by atoms with van der Waals surface area (Å²) >= 11 is 0. The molecule has 0 amide bonds. The van der Waals surface area contributed by atoms with Crippen LogP contribution in [0.2, 0.25) is 0 Å². The maximum Gasteiger partial charge on any atom is 0.206 e. The first kappa shape index (κ1) is 19.2. The van der Waals surface area contributed by atoms with Crippen LogP contribution in [0.4, 0.5) is 0 Å². The predicted molar refractivity (Wildman–Crippen MR) is 120 cm³/mol. The van der Waals surface area contributed by atoms with Crippen molar-refractivity contribution in [3.8, 4) is 6.07 Å². The minimum Gasteiger partial charge on any atom is -0.296 e. The highest BCUT2D eigenvalue weighted by atomic mass is 31.2. The quantitative estimate of drug-likeness (QED) is 0.478. The fourth-order valence-electron chi connectivity index (χ4n) is 3.52. The number of nitriles is 1. The van der Waals surface area contributed by atoms with E-state index in [1.165, 1.54) is 0 Å². The van der Waals surface area contributed by atoms with Gasteiger partial charge in [0.25, 0.3) is 0 Å². The molecule has 0 aromatic heterocycles. The van der Waals surface area contributed by atoms with E-state index in [4.69, 9.17) is 0 Å². The average Bonchev–Trinajstić information content (AvgIpc) is 2.79. The Balaban J connectivity index is 1.85. The van der Waals surface area contributed by atoms with Crippen LogP contribution in [-0.2, 0) is 10.1 Å². The fourth-order valence-corrected chi connectivity index (χ4v) is 6.07. The summed E-state index contributed by atoms with van der Waals surface area (Å²) in [6.45, 7) is 1.79. The maximum absolute atomic E-state index is 14.4. The first-order chi connectivity index (χ1) is 14.0. The lowest BCUT2D eigenvalue weighted by Gasteiger charge is -2.31. The molecular weight excluding hydrogens is 375 g/mol. The van der Waals surface area contributed by atoms with Gasteiger partial charge in [-0.2, -0.15) is 5.26 Å². The van der Waals surface area contributed by atoms with E-state index in [1.807, 2.05) is 103 Å². The summed E-state index contributed by atoms with van der Waals surface area (Å²) in [4.78, 5) is 0. The van der Waals surface area contributed by atoms with Crippen molar-refractivity contribution < 1.29 is 4.57 Å². The summed E-state index contributed by atoms with van der Waals surface area (Å²) in [5.74, 6) is 0. The molecule has 4 heteroatoms. The lowest BCUT2D eigenvalue weighted by atomic mass is 9.93. The molecule has 0 aliphatic carbocycles. The van der Waals surface area contributed by atoms with Crippen molar-refractivity contribution in [3.05, 3.63) is 109 Å². The minimum absolute atomic E-state index is 0.675. The smallest absolute Gasteiger partial charge is 0.206 e. The van der Waals surface area contributed by atoms with Crippen LogP contribution < -0.4 is 15.7 Å². The largest absolute Gasteiger partial charge is 0.296 e. The summed E-state index contributed by atoms with van der Waals surface area (Å²) in [7, 11) is -3.26. The Bertz CT molecular complexity index is 1190. The van der Waals surface area contributed by atoms with Crippen LogP contribution in [0.25, 0.3) is 10.8 Å². The van der Waals surface area contributed by atoms with Crippen LogP contribution in [0.15, 0.2) is 103 Å². The zero-order chi connectivity index (χ0) is 20.3. The standard InChI is InChI=1S/C25H21N2OP/c1-25(19-26,22-17-16-20-10-8-9-11-21(20)18-22)27-29(28,23-12-4-2-5-13-23)24-14-6-3-7-15-24/h2-18H,1H3,(H,27,28). The van der Waals surface area contributed by atoms with Gasteiger partial charge in [0.15, 0.2) is 0 Å². The molecule has 4 rings (SSSR count). The van der Waals surface area contributed by atoms with Crippen molar-refractivity contribution in [2.75, 3.05) is 0 Å². The highest BCUT2D eigenvalue weighted by Gasteiger charge is 2.37. The van der Waals surface area contributed by atoms with E-state index >= 15 is 0 Å². The van der Waals surface area contributed by atoms with E-state index in [2.05, 4.69) is 11.2 Å². The summed E-state index contributed by atoms with van der Waals surface area (Å²) in [6, 6.07) is 35.0. The molecule has 3 nitrogen and oxygen atoms in total. The molecule has 1 unspecified atom stereocenters. The van der Waals surface area contributed by atoms with Gasteiger partial charge in [-0.1, -0.05) is 72.8 Å². The molecule has 142 valence electrons. The summed E-state index contributed by atoms with van der Waals surface area (Å²) in [5.41, 5.74) is -0.351. The number of nitrogens with zero attached hydrogens (tertiary/aromatic N) is 1. The molecule has 1 atom stereocenters. The number of nitrogens with one attached hydrogen (secondary N) is 1. The molecule has 0 aliphatic heterocycles. The van der Waals surface area contributed by atoms with E-state index in [0.717, 1.165) is 16.3 Å². The first-order valence-electron chi connectivity index (χ1n) is 9.46. The van der Waals surface area contributed by atoms with Crippen LogP contribution in [0.3, 0.4) is 0 Å². The molecular formula is C25H21N2OP. The van der Waals surface area contributed by atoms with E-state index in [-0.39, 0.29) is 0 Å². The number of hydrogen-bond donors (Lipinski definition) is 1. The summed E-state index contributed by atoms with van der Waals surface area (Å²) in [6.07, 6.45) is 0. The summed E-state index contributed by atoms with van der Waals surface area (Å²) in [5, 5.41) is 16.9. The lowest BCUT2D eigenvalue weighted by Crippen LogP contribution is -2.41. The first-order valence-corrected chi connectivity index (χ1v) is 11.2. The van der Waals surface area contributed by atoms with Gasteiger partial charge in [0, 0.05) is 10.6 Å². The Morgan fingerprint density at radius 3 is 1.83 bits per heavy atom. The lowest BCUT2D eigenvalue weighted by molar-refractivity contribution is 0.533. The molecule has 0 spiro atoms. The second-order valence-corrected chi connectivity index (χ2v) is 9.67. The van der Waals surface area contributed by atoms with Crippen molar-refractivity contribution in [2.24, 2.45) is 0 Å². The third-order valence-corrected chi connectivity index (χ3v) is 7.98. The Morgan fingerprint density at radius 2 is 1.28 bits per heavy atom. The Labute approximate surface area is 171 Å². The Kier molecular flexibility index (Phi) is 5.07. The third-order valence-electron chi connectivity index (χ3n) is 5.17. The van der Waals surface area contributed by atoms with Gasteiger partial charge < -0.3 is 0 Å². The number of hydrogen-bond acceptors (Lipinski definition) is 2. The third kappa shape index (κ3) is 3.61. The zero-order valence-electron chi connectivity index (χ0n) is 16.1. The van der Waals surface area contributed by atoms with Crippen molar-refractivity contribution >= 4 is 28.7 Å². The topological polar surface area (TPSA) is 52.9 Å². The van der Waals surface area contributed by atoms with Crippen LogP contribution in [0, 0.1) is 11.3 Å². The van der Waals surface area contributed by atoms with Crippen molar-refractivity contribution in [2.45, 2.75) is 12.5 Å². The molecule has 0 saturated carbocycles. The molecule has 1 N–H and O–H groups in total. The fraction of sp³-hybridized carbons (Fsp3) is 0.0800. The Hall–Kier alpha value is -3.18. The van der Waals surface area contributed by atoms with Crippen LogP contribution in [0.5, 0.6) is 0 Å². The van der Waals surface area contributed by atoms with Crippen LogP contribution in [0.1, 0.15) is 12.5 Å². The molecule has 4 aromatic rings. The van der Waals surface area contributed by atoms with Gasteiger partial charge in [0.05, 0.1) is 6.07 Å². The van der Waals surface area contributed by atoms with E-state index in [1.54, 1.807) is 6.92 Å². The zero-order valence-corrected chi connectivity index (χ0v) is 17.0. The van der Waals surface area contributed by atoms with Crippen molar-refractivity contribution in [1.82, 2.24) is 5.09 Å². The molecule has 0 heterocycles. The SMILES string of the molecule is CC(C#N)(NP(=O)(c1ccccc1)c1ccccc1)c1ccc2ccccc2c1. The van der Waals surface area contributed by atoms with Gasteiger partial charge in [-0.05, 0) is 53.6 Å². The highest BCUT2D eigenvalue weighted by Crippen LogP contribution is 2.43. The minimum atomic E-state index is -3.26. The number of rotatable bonds is 5. The normalized spacial score (nSPS) is 13.5. The molecule has 0 aliphatic rings. The number of benzene rings is 4. The molecule has 0 radical (unpaired) electrons. The number of fused-ring (bicyclic) bond motifs is 1. The monoisotopic (exact) mass is 396 g/mol. The average molecular weight is 396 g/mol. The highest BCUT2D eigenvalue weighted by molar-refractivity contribution is 7.77. The second-order valence-electron chi connectivity index (χ2n) is 7.19. The molecule has 29 heavy (non-hydrogen) atoms. The van der Waals surface area contributed by atoms with E-state index in [9.17, 15) is 9.83 Å². The van der Waals surface area contributed by atoms with Crippen LogP contribution >= 0.6 is 7.29 Å². The molecule has 4 aromatic carbocycles. The van der Waals surface area contributed by atoms with Gasteiger partial charge in [-0.15, -0.1) is 0 Å². The molecule has 0 saturated heterocycles. The van der Waals surface area contributed by atoms with Gasteiger partial charge in [0.2, 0.25) is 7.29 Å². The van der Waals surface area contributed by atoms with E-state index < -0.39 is 12.8 Å².